The molecule has 3 N–H and O–H groups in total. The second-order valence-corrected chi connectivity index (χ2v) is 21.0. The standard InChI is InChI=1S/C50H55F3N8O9S/c1-31-20-35(50(51,52)53)4-7-40(31)42-24-49(2,3)12-10-33(42)27-58-14-16-59(17-15-58)36-5-8-41(45(22-36)70-37-21-32-11-13-54-46(32)56-25-37)47(62)57-71(66,67)39-6-9-43(44(23-39)61(64)65)55-26-38-28-60(18-19-69-38)48(63)34-29-68-30-34/h4-9,11,13,20-23,25,34,38,55H,10,12,14-19,24,26-30H2,1-3H3,(H,54,56)(H,57,62). The van der Waals surface area contributed by atoms with Gasteiger partial charge in [-0.05, 0) is 96.8 Å². The normalized spacial score (nSPS) is 19.1. The molecule has 1 unspecified atom stereocenters. The smallest absolute Gasteiger partial charge is 0.416 e. The Labute approximate surface area is 408 Å². The summed E-state index contributed by atoms with van der Waals surface area (Å²) < 4.78 is 87.7. The summed E-state index contributed by atoms with van der Waals surface area (Å²) >= 11 is 0. The molecule has 376 valence electrons. The van der Waals surface area contributed by atoms with E-state index in [1.54, 1.807) is 48.4 Å². The van der Waals surface area contributed by atoms with E-state index in [0.717, 1.165) is 47.9 Å². The van der Waals surface area contributed by atoms with Gasteiger partial charge < -0.3 is 34.3 Å². The molecule has 0 spiro atoms. The number of hydrogen-bond donors (Lipinski definition) is 3. The summed E-state index contributed by atoms with van der Waals surface area (Å²) in [6.45, 7) is 11.1. The number of anilines is 2. The minimum absolute atomic E-state index is 0.00162. The van der Waals surface area contributed by atoms with E-state index in [4.69, 9.17) is 14.2 Å². The summed E-state index contributed by atoms with van der Waals surface area (Å²) in [6.07, 6.45) is 0.842. The van der Waals surface area contributed by atoms with Gasteiger partial charge in [0.15, 0.2) is 0 Å². The van der Waals surface area contributed by atoms with Crippen LogP contribution in [0.2, 0.25) is 0 Å². The van der Waals surface area contributed by atoms with Crippen LogP contribution in [0.3, 0.4) is 0 Å². The molecular formula is C50H55F3N8O9S. The lowest BCUT2D eigenvalue weighted by atomic mass is 9.72. The topological polar surface area (TPSA) is 202 Å². The number of ether oxygens (including phenoxy) is 3. The Morgan fingerprint density at radius 1 is 1.01 bits per heavy atom. The van der Waals surface area contributed by atoms with Crippen LogP contribution in [-0.2, 0) is 30.5 Å². The summed E-state index contributed by atoms with van der Waals surface area (Å²) in [7, 11) is -4.68. The number of H-pyrrole nitrogens is 1. The maximum atomic E-state index is 14.0. The number of morpholine rings is 1. The Morgan fingerprint density at radius 2 is 1.80 bits per heavy atom. The number of amides is 2. The van der Waals surface area contributed by atoms with Crippen molar-refractivity contribution in [3.63, 3.8) is 0 Å². The van der Waals surface area contributed by atoms with E-state index in [-0.39, 0.29) is 59.7 Å². The average molecular weight is 1000 g/mol. The van der Waals surface area contributed by atoms with Crippen molar-refractivity contribution in [3.05, 3.63) is 117 Å². The molecule has 2 aromatic heterocycles. The van der Waals surface area contributed by atoms with Crippen molar-refractivity contribution in [2.45, 2.75) is 57.2 Å². The minimum atomic E-state index is -4.68. The van der Waals surface area contributed by atoms with Crippen molar-refractivity contribution >= 4 is 55.5 Å². The zero-order chi connectivity index (χ0) is 50.2. The van der Waals surface area contributed by atoms with Gasteiger partial charge in [0.2, 0.25) is 5.91 Å². The number of alkyl halides is 3. The first-order chi connectivity index (χ1) is 33.8. The van der Waals surface area contributed by atoms with Crippen molar-refractivity contribution in [2.24, 2.45) is 11.3 Å². The molecule has 5 heterocycles. The second kappa shape index (κ2) is 19.9. The minimum Gasteiger partial charge on any atom is -0.455 e. The Morgan fingerprint density at radius 3 is 2.52 bits per heavy atom. The van der Waals surface area contributed by atoms with Crippen molar-refractivity contribution in [3.8, 4) is 11.5 Å². The van der Waals surface area contributed by atoms with Crippen LogP contribution < -0.4 is 19.7 Å². The number of hydrogen-bond acceptors (Lipinski definition) is 13. The molecule has 5 aromatic rings. The zero-order valence-corrected chi connectivity index (χ0v) is 40.3. The van der Waals surface area contributed by atoms with E-state index in [1.165, 1.54) is 36.0 Å². The average Bonchev–Trinajstić information content (AvgIpc) is 3.79. The van der Waals surface area contributed by atoms with Crippen LogP contribution in [0.5, 0.6) is 11.5 Å². The maximum Gasteiger partial charge on any atom is 0.416 e. The van der Waals surface area contributed by atoms with Gasteiger partial charge in [0.25, 0.3) is 21.6 Å². The zero-order valence-electron chi connectivity index (χ0n) is 39.5. The summed E-state index contributed by atoms with van der Waals surface area (Å²) in [5, 5.41) is 16.0. The van der Waals surface area contributed by atoms with Crippen molar-refractivity contribution in [1.82, 2.24) is 24.5 Å². The highest BCUT2D eigenvalue weighted by Gasteiger charge is 2.36. The number of allylic oxidation sites excluding steroid dienone is 1. The molecule has 1 atom stereocenters. The third-order valence-corrected chi connectivity index (χ3v) is 15.0. The number of rotatable bonds is 14. The Kier molecular flexibility index (Phi) is 13.9. The molecule has 0 bridgehead atoms. The number of piperazine rings is 1. The van der Waals surface area contributed by atoms with E-state index in [0.29, 0.717) is 69.4 Å². The molecule has 0 radical (unpaired) electrons. The van der Waals surface area contributed by atoms with Gasteiger partial charge >= 0.3 is 6.18 Å². The fourth-order valence-corrected chi connectivity index (χ4v) is 10.6. The number of nitro benzene ring substituents is 1. The maximum absolute atomic E-state index is 14.0. The Balaban J connectivity index is 0.906. The summed E-state index contributed by atoms with van der Waals surface area (Å²) in [6, 6.07) is 15.6. The fourth-order valence-electron chi connectivity index (χ4n) is 9.61. The molecule has 0 saturated carbocycles. The molecule has 4 aliphatic rings. The van der Waals surface area contributed by atoms with Gasteiger partial charge in [-0.2, -0.15) is 13.2 Å². The monoisotopic (exact) mass is 1000 g/mol. The first-order valence-electron chi connectivity index (χ1n) is 23.5. The van der Waals surface area contributed by atoms with Crippen LogP contribution in [0.15, 0.2) is 89.6 Å². The van der Waals surface area contributed by atoms with E-state index in [2.05, 4.69) is 43.7 Å². The van der Waals surface area contributed by atoms with E-state index in [1.807, 2.05) is 0 Å². The molecule has 9 rings (SSSR count). The molecule has 17 nitrogen and oxygen atoms in total. The van der Waals surface area contributed by atoms with Crippen LogP contribution in [-0.4, -0.2) is 123 Å². The summed E-state index contributed by atoms with van der Waals surface area (Å²) in [4.78, 5) is 51.4. The number of nitro groups is 1. The molecular weight excluding hydrogens is 946 g/mol. The summed E-state index contributed by atoms with van der Waals surface area (Å²) in [5.74, 6) is -0.947. The highest BCUT2D eigenvalue weighted by atomic mass is 32.2. The first kappa shape index (κ1) is 49.4. The lowest BCUT2D eigenvalue weighted by molar-refractivity contribution is -0.384. The predicted octanol–water partition coefficient (Wildman–Crippen LogP) is 7.78. The van der Waals surface area contributed by atoms with Gasteiger partial charge in [-0.1, -0.05) is 25.5 Å². The molecule has 3 saturated heterocycles. The quantitative estimate of drug-likeness (QED) is 0.0720. The van der Waals surface area contributed by atoms with E-state index >= 15 is 0 Å². The third-order valence-electron chi connectivity index (χ3n) is 13.7. The van der Waals surface area contributed by atoms with Gasteiger partial charge in [0, 0.05) is 81.8 Å². The largest absolute Gasteiger partial charge is 0.455 e. The molecule has 3 aromatic carbocycles. The van der Waals surface area contributed by atoms with Gasteiger partial charge in [-0.25, -0.2) is 18.1 Å². The predicted molar refractivity (Wildman–Crippen MR) is 259 cm³/mol. The van der Waals surface area contributed by atoms with Gasteiger partial charge in [-0.15, -0.1) is 0 Å². The van der Waals surface area contributed by atoms with Crippen LogP contribution in [0.4, 0.5) is 30.2 Å². The molecule has 71 heavy (non-hydrogen) atoms. The fraction of sp³-hybridized carbons (Fsp3) is 0.420. The lowest BCUT2D eigenvalue weighted by Crippen LogP contribution is -2.52. The number of carbonyl (C=O) groups excluding carboxylic acids is 2. The third kappa shape index (κ3) is 11.2. The number of aromatic nitrogens is 2. The van der Waals surface area contributed by atoms with E-state index < -0.39 is 49.3 Å². The van der Waals surface area contributed by atoms with Gasteiger partial charge in [0.05, 0.1) is 59.0 Å². The van der Waals surface area contributed by atoms with Crippen molar-refractivity contribution < 1.29 is 50.3 Å². The van der Waals surface area contributed by atoms with E-state index in [9.17, 15) is 41.3 Å². The highest BCUT2D eigenvalue weighted by molar-refractivity contribution is 7.90. The number of sulfonamides is 1. The number of carbonyl (C=O) groups is 2. The summed E-state index contributed by atoms with van der Waals surface area (Å²) in [5.41, 5.74) is 3.79. The molecule has 3 aliphatic heterocycles. The molecule has 2 amide bonds. The Hall–Kier alpha value is -6.55. The van der Waals surface area contributed by atoms with Crippen LogP contribution in [0, 0.1) is 28.4 Å². The second-order valence-electron chi connectivity index (χ2n) is 19.3. The Bertz CT molecular complexity index is 3000. The highest BCUT2D eigenvalue weighted by Crippen LogP contribution is 2.45. The number of benzene rings is 3. The number of nitrogens with zero attached hydrogens (tertiary/aromatic N) is 5. The first-order valence-corrected chi connectivity index (χ1v) is 25.0. The van der Waals surface area contributed by atoms with Gasteiger partial charge in [-0.3, -0.25) is 24.6 Å². The SMILES string of the molecule is Cc1cc(C(F)(F)F)ccc1C1=C(CN2CCN(c3ccc(C(=O)NS(=O)(=O)c4ccc(NCC5CN(C(=O)C6COC6)CCO5)c([N+](=O)[O-])c4)c(Oc4cnc5[nH]ccc5c4)c3)CC2)CCC(C)(C)C1. The molecule has 21 heteroatoms. The van der Waals surface area contributed by atoms with Crippen LogP contribution in [0.1, 0.15) is 60.2 Å². The van der Waals surface area contributed by atoms with Crippen molar-refractivity contribution in [2.75, 3.05) is 82.4 Å². The van der Waals surface area contributed by atoms with Crippen LogP contribution >= 0.6 is 0 Å². The number of aromatic amines is 1. The molecule has 1 aliphatic carbocycles. The number of pyridine rings is 1. The van der Waals surface area contributed by atoms with Crippen LogP contribution in [0.25, 0.3) is 16.6 Å². The van der Waals surface area contributed by atoms with Crippen molar-refractivity contribution in [1.29, 1.82) is 0 Å². The van der Waals surface area contributed by atoms with Gasteiger partial charge in [0.1, 0.15) is 22.8 Å². The number of nitrogens with one attached hydrogen (secondary N) is 3. The molecule has 3 fully saturated rings. The number of halogens is 3. The number of fused-ring (bicyclic) bond motifs is 1. The lowest BCUT2D eigenvalue weighted by Gasteiger charge is -2.39. The number of aryl methyl sites for hydroxylation is 1.